The van der Waals surface area contributed by atoms with Crippen molar-refractivity contribution < 1.29 is 18.6 Å². The summed E-state index contributed by atoms with van der Waals surface area (Å²) in [5.41, 5.74) is 3.91. The SMILES string of the molecule is COCOc1ccc(Cc2c(C)cc(OCC#N)c(F)c2C)nc1N(C)c1ccccc1. The summed E-state index contributed by atoms with van der Waals surface area (Å²) in [5, 5.41) is 8.71. The van der Waals surface area contributed by atoms with Crippen LogP contribution in [0.1, 0.15) is 22.4 Å². The Hall–Kier alpha value is -3.63. The number of aryl methyl sites for hydroxylation is 1. The van der Waals surface area contributed by atoms with Crippen LogP contribution in [0.3, 0.4) is 0 Å². The zero-order valence-electron chi connectivity index (χ0n) is 18.7. The first-order valence-electron chi connectivity index (χ1n) is 10.1. The fourth-order valence-electron chi connectivity index (χ4n) is 3.45. The minimum atomic E-state index is -0.456. The second kappa shape index (κ2) is 10.6. The van der Waals surface area contributed by atoms with E-state index in [4.69, 9.17) is 24.5 Å². The van der Waals surface area contributed by atoms with E-state index in [0.717, 1.165) is 22.5 Å². The molecule has 6 nitrogen and oxygen atoms in total. The average Bonchev–Trinajstić information content (AvgIpc) is 2.82. The van der Waals surface area contributed by atoms with Crippen LogP contribution in [0.5, 0.6) is 11.5 Å². The number of para-hydroxylation sites is 1. The quantitative estimate of drug-likeness (QED) is 0.437. The molecule has 3 aromatic rings. The van der Waals surface area contributed by atoms with E-state index in [-0.39, 0.29) is 19.1 Å². The minimum Gasteiger partial charge on any atom is -0.476 e. The number of benzene rings is 2. The Balaban J connectivity index is 1.97. The molecule has 0 aliphatic rings. The summed E-state index contributed by atoms with van der Waals surface area (Å²) < 4.78 is 30.8. The van der Waals surface area contributed by atoms with Gasteiger partial charge in [0.05, 0.1) is 0 Å². The Morgan fingerprint density at radius 1 is 1.06 bits per heavy atom. The van der Waals surface area contributed by atoms with Crippen LogP contribution >= 0.6 is 0 Å². The lowest BCUT2D eigenvalue weighted by Crippen LogP contribution is -2.15. The number of pyridine rings is 1. The van der Waals surface area contributed by atoms with Gasteiger partial charge < -0.3 is 19.1 Å². The van der Waals surface area contributed by atoms with Crippen LogP contribution in [0.4, 0.5) is 15.9 Å². The van der Waals surface area contributed by atoms with Crippen molar-refractivity contribution in [2.75, 3.05) is 32.5 Å². The number of aromatic nitrogens is 1. The van der Waals surface area contributed by atoms with Gasteiger partial charge in [-0.15, -0.1) is 0 Å². The van der Waals surface area contributed by atoms with Gasteiger partial charge in [-0.3, -0.25) is 0 Å². The second-order valence-electron chi connectivity index (χ2n) is 7.30. The number of nitriles is 1. The molecule has 0 N–H and O–H groups in total. The van der Waals surface area contributed by atoms with E-state index in [0.29, 0.717) is 23.6 Å². The van der Waals surface area contributed by atoms with Gasteiger partial charge in [0.15, 0.2) is 36.5 Å². The van der Waals surface area contributed by atoms with Gasteiger partial charge in [-0.1, -0.05) is 18.2 Å². The van der Waals surface area contributed by atoms with Gasteiger partial charge in [-0.05, 0) is 60.9 Å². The molecular weight excluding hydrogens is 409 g/mol. The molecule has 0 radical (unpaired) electrons. The average molecular weight is 435 g/mol. The lowest BCUT2D eigenvalue weighted by molar-refractivity contribution is 0.0512. The number of nitrogens with zero attached hydrogens (tertiary/aromatic N) is 3. The van der Waals surface area contributed by atoms with Crippen molar-refractivity contribution in [1.29, 1.82) is 5.26 Å². The summed E-state index contributed by atoms with van der Waals surface area (Å²) in [7, 11) is 3.48. The molecule has 0 amide bonds. The molecule has 0 bridgehead atoms. The summed E-state index contributed by atoms with van der Waals surface area (Å²) in [6, 6.07) is 17.0. The Morgan fingerprint density at radius 2 is 1.81 bits per heavy atom. The van der Waals surface area contributed by atoms with E-state index in [1.807, 2.05) is 67.4 Å². The maximum atomic E-state index is 14.8. The second-order valence-corrected chi connectivity index (χ2v) is 7.30. The van der Waals surface area contributed by atoms with E-state index < -0.39 is 5.82 Å². The van der Waals surface area contributed by atoms with Crippen LogP contribution in [0.25, 0.3) is 0 Å². The molecule has 1 aromatic heterocycles. The molecule has 2 aromatic carbocycles. The van der Waals surface area contributed by atoms with Crippen molar-refractivity contribution in [3.8, 4) is 17.6 Å². The summed E-state index contributed by atoms with van der Waals surface area (Å²) in [6.07, 6.45) is 0.438. The number of halogens is 1. The normalized spacial score (nSPS) is 10.5. The fourth-order valence-corrected chi connectivity index (χ4v) is 3.45. The lowest BCUT2D eigenvalue weighted by atomic mass is 9.97. The van der Waals surface area contributed by atoms with Gasteiger partial charge in [-0.25, -0.2) is 9.37 Å². The molecule has 3 rings (SSSR count). The summed E-state index contributed by atoms with van der Waals surface area (Å²) in [4.78, 5) is 6.77. The van der Waals surface area contributed by atoms with Gasteiger partial charge in [-0.2, -0.15) is 5.26 Å². The molecule has 32 heavy (non-hydrogen) atoms. The van der Waals surface area contributed by atoms with Crippen molar-refractivity contribution in [2.45, 2.75) is 20.3 Å². The predicted octanol–water partition coefficient (Wildman–Crippen LogP) is 5.08. The van der Waals surface area contributed by atoms with E-state index in [9.17, 15) is 4.39 Å². The van der Waals surface area contributed by atoms with Crippen LogP contribution in [0.15, 0.2) is 48.5 Å². The molecule has 0 atom stereocenters. The van der Waals surface area contributed by atoms with Crippen LogP contribution in [0.2, 0.25) is 0 Å². The zero-order valence-corrected chi connectivity index (χ0v) is 18.7. The molecule has 0 fully saturated rings. The molecule has 0 aliphatic heterocycles. The van der Waals surface area contributed by atoms with Gasteiger partial charge in [0.25, 0.3) is 0 Å². The van der Waals surface area contributed by atoms with Crippen LogP contribution in [0, 0.1) is 31.0 Å². The fraction of sp³-hybridized carbons (Fsp3) is 0.280. The van der Waals surface area contributed by atoms with Crippen molar-refractivity contribution in [1.82, 2.24) is 4.98 Å². The van der Waals surface area contributed by atoms with Gasteiger partial charge in [0, 0.05) is 32.0 Å². The van der Waals surface area contributed by atoms with Gasteiger partial charge in [0.1, 0.15) is 6.07 Å². The molecule has 0 saturated carbocycles. The number of rotatable bonds is 9. The molecule has 7 heteroatoms. The van der Waals surface area contributed by atoms with Gasteiger partial charge in [0.2, 0.25) is 0 Å². The highest BCUT2D eigenvalue weighted by atomic mass is 19.1. The molecule has 0 aliphatic carbocycles. The van der Waals surface area contributed by atoms with Gasteiger partial charge >= 0.3 is 0 Å². The Morgan fingerprint density at radius 3 is 2.50 bits per heavy atom. The molecule has 0 unspecified atom stereocenters. The molecule has 0 saturated heterocycles. The third kappa shape index (κ3) is 5.16. The highest BCUT2D eigenvalue weighted by molar-refractivity contribution is 5.65. The maximum Gasteiger partial charge on any atom is 0.188 e. The van der Waals surface area contributed by atoms with E-state index in [1.165, 1.54) is 0 Å². The summed E-state index contributed by atoms with van der Waals surface area (Å²) in [5.74, 6) is 0.853. The minimum absolute atomic E-state index is 0.0890. The summed E-state index contributed by atoms with van der Waals surface area (Å²) in [6.45, 7) is 3.51. The number of anilines is 2. The van der Waals surface area contributed by atoms with Crippen molar-refractivity contribution >= 4 is 11.5 Å². The Labute approximate surface area is 187 Å². The predicted molar refractivity (Wildman–Crippen MR) is 121 cm³/mol. The van der Waals surface area contributed by atoms with E-state index in [1.54, 1.807) is 20.1 Å². The largest absolute Gasteiger partial charge is 0.476 e. The Kier molecular flexibility index (Phi) is 7.63. The lowest BCUT2D eigenvalue weighted by Gasteiger charge is -2.22. The van der Waals surface area contributed by atoms with Crippen LogP contribution in [-0.4, -0.2) is 32.5 Å². The van der Waals surface area contributed by atoms with Crippen molar-refractivity contribution in [3.63, 3.8) is 0 Å². The summed E-state index contributed by atoms with van der Waals surface area (Å²) >= 11 is 0. The molecule has 1 heterocycles. The van der Waals surface area contributed by atoms with Crippen molar-refractivity contribution in [3.05, 3.63) is 76.7 Å². The first-order chi connectivity index (χ1) is 15.5. The van der Waals surface area contributed by atoms with Crippen LogP contribution in [-0.2, 0) is 11.2 Å². The first kappa shape index (κ1) is 23.0. The third-order valence-electron chi connectivity index (χ3n) is 5.16. The van der Waals surface area contributed by atoms with Crippen LogP contribution < -0.4 is 14.4 Å². The van der Waals surface area contributed by atoms with E-state index >= 15 is 0 Å². The maximum absolute atomic E-state index is 14.8. The number of methoxy groups -OCH3 is 1. The zero-order chi connectivity index (χ0) is 23.1. The molecule has 0 spiro atoms. The van der Waals surface area contributed by atoms with Crippen molar-refractivity contribution in [2.24, 2.45) is 0 Å². The van der Waals surface area contributed by atoms with E-state index in [2.05, 4.69) is 0 Å². The standard InChI is InChI=1S/C25H26FN3O3/c1-17-14-23(31-13-12-27)24(26)18(2)21(17)15-19-10-11-22(32-16-30-4)25(28-19)29(3)20-8-6-5-7-9-20/h5-11,14H,13,15-16H2,1-4H3. The first-order valence-corrected chi connectivity index (χ1v) is 10.1. The topological polar surface area (TPSA) is 67.6 Å². The number of hydrogen-bond donors (Lipinski definition) is 0. The highest BCUT2D eigenvalue weighted by Crippen LogP contribution is 2.33. The molecule has 166 valence electrons. The monoisotopic (exact) mass is 435 g/mol. The smallest absolute Gasteiger partial charge is 0.188 e. The number of ether oxygens (including phenoxy) is 3. The molecular formula is C25H26FN3O3. The third-order valence-corrected chi connectivity index (χ3v) is 5.16. The number of hydrogen-bond acceptors (Lipinski definition) is 6. The highest BCUT2D eigenvalue weighted by Gasteiger charge is 2.18. The Bertz CT molecular complexity index is 1110.